The van der Waals surface area contributed by atoms with Crippen LogP contribution < -0.4 is 16.2 Å². The molecule has 0 fully saturated rings. The Labute approximate surface area is 144 Å². The van der Waals surface area contributed by atoms with Gasteiger partial charge in [-0.25, -0.2) is 0 Å². The van der Waals surface area contributed by atoms with Gasteiger partial charge in [0.15, 0.2) is 5.11 Å². The molecule has 0 saturated heterocycles. The van der Waals surface area contributed by atoms with E-state index in [1.807, 2.05) is 13.0 Å². The van der Waals surface area contributed by atoms with Crippen molar-refractivity contribution in [3.63, 3.8) is 0 Å². The van der Waals surface area contributed by atoms with E-state index in [1.165, 1.54) is 6.07 Å². The molecule has 3 N–H and O–H groups in total. The second-order valence-corrected chi connectivity index (χ2v) is 5.59. The number of aryl methyl sites for hydroxylation is 1. The van der Waals surface area contributed by atoms with E-state index in [0.29, 0.717) is 16.1 Å². The van der Waals surface area contributed by atoms with Gasteiger partial charge in [0.05, 0.1) is 0 Å². The van der Waals surface area contributed by atoms with Gasteiger partial charge in [0.2, 0.25) is 0 Å². The molecule has 0 bridgehead atoms. The second kappa shape index (κ2) is 7.71. The van der Waals surface area contributed by atoms with Crippen molar-refractivity contribution in [1.29, 1.82) is 0 Å². The molecule has 0 saturated carbocycles. The van der Waals surface area contributed by atoms with Crippen molar-refractivity contribution in [3.8, 4) is 0 Å². The molecule has 0 aliphatic heterocycles. The molecule has 0 atom stereocenters. The number of hydrogen-bond donors (Lipinski definition) is 3. The lowest BCUT2D eigenvalue weighted by molar-refractivity contribution is 0.0934. The third-order valence-electron chi connectivity index (χ3n) is 2.88. The van der Waals surface area contributed by atoms with Crippen LogP contribution in [-0.4, -0.2) is 16.9 Å². The lowest BCUT2D eigenvalue weighted by Crippen LogP contribution is -2.48. The lowest BCUT2D eigenvalue weighted by Gasteiger charge is -2.11. The summed E-state index contributed by atoms with van der Waals surface area (Å²) in [4.78, 5) is 23.9. The fraction of sp³-hybridized carbons (Fsp3) is 0.0625. The average molecular weight is 348 g/mol. The standard InChI is InChI=1S/C16H14ClN3O2S/c1-10-4-2-5-11(8-10)15(22)19-20-16(23)18-14(21)12-6-3-7-13(17)9-12/h2-9H,1H3,(H,19,22)(H2,18,20,21,23). The molecule has 0 heterocycles. The summed E-state index contributed by atoms with van der Waals surface area (Å²) in [7, 11) is 0. The Kier molecular flexibility index (Phi) is 5.67. The molecule has 0 unspecified atom stereocenters. The minimum Gasteiger partial charge on any atom is -0.298 e. The number of carbonyl (C=O) groups is 2. The number of nitrogens with one attached hydrogen (secondary N) is 3. The van der Waals surface area contributed by atoms with Crippen LogP contribution in [-0.2, 0) is 0 Å². The van der Waals surface area contributed by atoms with E-state index in [4.69, 9.17) is 23.8 Å². The summed E-state index contributed by atoms with van der Waals surface area (Å²) in [6.07, 6.45) is 0. The smallest absolute Gasteiger partial charge is 0.269 e. The van der Waals surface area contributed by atoms with Gasteiger partial charge in [0.25, 0.3) is 11.8 Å². The first kappa shape index (κ1) is 16.9. The zero-order valence-corrected chi connectivity index (χ0v) is 13.8. The summed E-state index contributed by atoms with van der Waals surface area (Å²) < 4.78 is 0. The number of hydrogen-bond acceptors (Lipinski definition) is 3. The van der Waals surface area contributed by atoms with Crippen LogP contribution in [0.3, 0.4) is 0 Å². The summed E-state index contributed by atoms with van der Waals surface area (Å²) in [6.45, 7) is 1.89. The van der Waals surface area contributed by atoms with E-state index < -0.39 is 5.91 Å². The van der Waals surface area contributed by atoms with Crippen molar-refractivity contribution < 1.29 is 9.59 Å². The Bertz CT molecular complexity index is 764. The van der Waals surface area contributed by atoms with E-state index in [-0.39, 0.29) is 11.0 Å². The molecule has 23 heavy (non-hydrogen) atoms. The number of halogens is 1. The van der Waals surface area contributed by atoms with Crippen molar-refractivity contribution >= 4 is 40.7 Å². The van der Waals surface area contributed by atoms with Gasteiger partial charge >= 0.3 is 0 Å². The highest BCUT2D eigenvalue weighted by Crippen LogP contribution is 2.10. The third kappa shape index (κ3) is 5.05. The van der Waals surface area contributed by atoms with E-state index in [9.17, 15) is 9.59 Å². The van der Waals surface area contributed by atoms with Crippen molar-refractivity contribution in [2.24, 2.45) is 0 Å². The van der Waals surface area contributed by atoms with Crippen LogP contribution >= 0.6 is 23.8 Å². The highest BCUT2D eigenvalue weighted by atomic mass is 35.5. The summed E-state index contributed by atoms with van der Waals surface area (Å²) in [5.74, 6) is -0.775. The fourth-order valence-corrected chi connectivity index (χ4v) is 2.14. The number of rotatable bonds is 2. The van der Waals surface area contributed by atoms with Crippen LogP contribution in [0.4, 0.5) is 0 Å². The van der Waals surface area contributed by atoms with Gasteiger partial charge in [-0.3, -0.25) is 25.8 Å². The maximum Gasteiger partial charge on any atom is 0.269 e. The number of carbonyl (C=O) groups excluding carboxylic acids is 2. The fourth-order valence-electron chi connectivity index (χ4n) is 1.81. The maximum atomic E-state index is 12.0. The van der Waals surface area contributed by atoms with Gasteiger partial charge in [-0.15, -0.1) is 0 Å². The molecular formula is C16H14ClN3O2S. The minimum absolute atomic E-state index is 0.0176. The zero-order valence-electron chi connectivity index (χ0n) is 12.2. The van der Waals surface area contributed by atoms with Gasteiger partial charge in [0, 0.05) is 16.1 Å². The molecule has 0 radical (unpaired) electrons. The number of thiocarbonyl (C=S) groups is 1. The van der Waals surface area contributed by atoms with Crippen LogP contribution in [0.15, 0.2) is 48.5 Å². The summed E-state index contributed by atoms with van der Waals surface area (Å²) in [5, 5.41) is 2.88. The predicted molar refractivity (Wildman–Crippen MR) is 93.3 cm³/mol. The number of hydrazine groups is 1. The average Bonchev–Trinajstić information content (AvgIpc) is 2.52. The van der Waals surface area contributed by atoms with Crippen molar-refractivity contribution in [3.05, 3.63) is 70.2 Å². The quantitative estimate of drug-likeness (QED) is 0.577. The van der Waals surface area contributed by atoms with E-state index in [2.05, 4.69) is 16.2 Å². The summed E-state index contributed by atoms with van der Waals surface area (Å²) >= 11 is 10.8. The summed E-state index contributed by atoms with van der Waals surface area (Å²) in [6, 6.07) is 13.5. The second-order valence-electron chi connectivity index (χ2n) is 4.74. The van der Waals surface area contributed by atoms with Crippen LogP contribution in [0.25, 0.3) is 0 Å². The topological polar surface area (TPSA) is 70.2 Å². The molecule has 7 heteroatoms. The Hall–Kier alpha value is -2.44. The van der Waals surface area contributed by atoms with Gasteiger partial charge in [-0.2, -0.15) is 0 Å². The third-order valence-corrected chi connectivity index (χ3v) is 3.32. The number of amides is 2. The van der Waals surface area contributed by atoms with E-state index >= 15 is 0 Å². The first-order valence-corrected chi connectivity index (χ1v) is 7.48. The highest BCUT2D eigenvalue weighted by Gasteiger charge is 2.09. The van der Waals surface area contributed by atoms with E-state index in [0.717, 1.165) is 5.56 Å². The van der Waals surface area contributed by atoms with Crippen LogP contribution in [0.2, 0.25) is 5.02 Å². The molecule has 2 aromatic rings. The maximum absolute atomic E-state index is 12.0. The van der Waals surface area contributed by atoms with Crippen molar-refractivity contribution in [1.82, 2.24) is 16.2 Å². The van der Waals surface area contributed by atoms with E-state index in [1.54, 1.807) is 36.4 Å². The molecule has 2 amide bonds. The summed E-state index contributed by atoms with van der Waals surface area (Å²) in [5.41, 5.74) is 6.73. The Morgan fingerprint density at radius 1 is 0.957 bits per heavy atom. The van der Waals surface area contributed by atoms with Gasteiger partial charge in [-0.1, -0.05) is 35.4 Å². The van der Waals surface area contributed by atoms with Crippen LogP contribution in [0.5, 0.6) is 0 Å². The van der Waals surface area contributed by atoms with Crippen LogP contribution in [0.1, 0.15) is 26.3 Å². The monoisotopic (exact) mass is 347 g/mol. The highest BCUT2D eigenvalue weighted by molar-refractivity contribution is 7.80. The first-order chi connectivity index (χ1) is 11.0. The van der Waals surface area contributed by atoms with Crippen LogP contribution in [0, 0.1) is 6.92 Å². The Balaban J connectivity index is 1.88. The molecule has 2 aromatic carbocycles. The Morgan fingerprint density at radius 2 is 1.61 bits per heavy atom. The van der Waals surface area contributed by atoms with Crippen molar-refractivity contribution in [2.75, 3.05) is 0 Å². The lowest BCUT2D eigenvalue weighted by atomic mass is 10.1. The molecule has 2 rings (SSSR count). The van der Waals surface area contributed by atoms with Crippen molar-refractivity contribution in [2.45, 2.75) is 6.92 Å². The van der Waals surface area contributed by atoms with Gasteiger partial charge in [0.1, 0.15) is 0 Å². The molecular weight excluding hydrogens is 334 g/mol. The Morgan fingerprint density at radius 3 is 2.26 bits per heavy atom. The molecule has 5 nitrogen and oxygen atoms in total. The first-order valence-electron chi connectivity index (χ1n) is 6.69. The SMILES string of the molecule is Cc1cccc(C(=O)NNC(=S)NC(=O)c2cccc(Cl)c2)c1. The molecule has 0 aromatic heterocycles. The zero-order chi connectivity index (χ0) is 16.8. The molecule has 118 valence electrons. The number of benzene rings is 2. The molecule has 0 aliphatic carbocycles. The largest absolute Gasteiger partial charge is 0.298 e. The normalized spacial score (nSPS) is 9.83. The predicted octanol–water partition coefficient (Wildman–Crippen LogP) is 2.60. The molecule has 0 spiro atoms. The van der Waals surface area contributed by atoms with Gasteiger partial charge < -0.3 is 0 Å². The minimum atomic E-state index is -0.421. The molecule has 0 aliphatic rings. The van der Waals surface area contributed by atoms with Gasteiger partial charge in [-0.05, 0) is 49.5 Å².